The molecule has 24 heavy (non-hydrogen) atoms. The number of nitrogens with zero attached hydrogens (tertiary/aromatic N) is 1. The van der Waals surface area contributed by atoms with Crippen LogP contribution in [0.3, 0.4) is 0 Å². The highest BCUT2D eigenvalue weighted by Crippen LogP contribution is 2.22. The number of carbonyl (C=O) groups excluding carboxylic acids is 2. The van der Waals surface area contributed by atoms with Crippen LogP contribution in [0.15, 0.2) is 24.3 Å². The Kier molecular flexibility index (Phi) is 7.53. The fourth-order valence-corrected chi connectivity index (χ4v) is 3.09. The van der Waals surface area contributed by atoms with Gasteiger partial charge in [-0.05, 0) is 49.4 Å². The second-order valence-corrected chi connectivity index (χ2v) is 6.62. The molecule has 0 spiro atoms. The molecule has 0 radical (unpaired) electrons. The van der Waals surface area contributed by atoms with Gasteiger partial charge in [0.2, 0.25) is 11.8 Å². The summed E-state index contributed by atoms with van der Waals surface area (Å²) in [6.07, 6.45) is 3.77. The zero-order chi connectivity index (χ0) is 17.4. The number of halogens is 1. The van der Waals surface area contributed by atoms with Gasteiger partial charge in [-0.25, -0.2) is 0 Å². The summed E-state index contributed by atoms with van der Waals surface area (Å²) in [4.78, 5) is 26.0. The lowest BCUT2D eigenvalue weighted by Crippen LogP contribution is -2.40. The molecule has 6 heteroatoms. The van der Waals surface area contributed by atoms with Crippen molar-refractivity contribution in [3.63, 3.8) is 0 Å². The summed E-state index contributed by atoms with van der Waals surface area (Å²) in [6.45, 7) is 2.02. The van der Waals surface area contributed by atoms with E-state index in [1.165, 1.54) is 0 Å². The van der Waals surface area contributed by atoms with E-state index in [4.69, 9.17) is 16.3 Å². The first kappa shape index (κ1) is 18.7. The van der Waals surface area contributed by atoms with E-state index in [-0.39, 0.29) is 11.8 Å². The van der Waals surface area contributed by atoms with E-state index in [0.717, 1.165) is 38.0 Å². The minimum Gasteiger partial charge on any atom is -0.384 e. The highest BCUT2D eigenvalue weighted by molar-refractivity contribution is 6.30. The van der Waals surface area contributed by atoms with Crippen molar-refractivity contribution in [3.05, 3.63) is 29.3 Å². The van der Waals surface area contributed by atoms with Gasteiger partial charge in [0.15, 0.2) is 0 Å². The zero-order valence-electron chi connectivity index (χ0n) is 14.1. The number of benzene rings is 1. The third-order valence-corrected chi connectivity index (χ3v) is 4.55. The van der Waals surface area contributed by atoms with Gasteiger partial charge in [-0.3, -0.25) is 9.59 Å². The highest BCUT2D eigenvalue weighted by atomic mass is 35.5. The number of ether oxygens (including phenoxy) is 1. The summed E-state index contributed by atoms with van der Waals surface area (Å²) in [5.74, 6) is 0.536. The lowest BCUT2D eigenvalue weighted by atomic mass is 9.93. The van der Waals surface area contributed by atoms with Gasteiger partial charge in [-0.15, -0.1) is 0 Å². The molecule has 0 bridgehead atoms. The monoisotopic (exact) mass is 352 g/mol. The first-order valence-corrected chi connectivity index (χ1v) is 8.78. The molecule has 1 aliphatic heterocycles. The quantitative estimate of drug-likeness (QED) is 0.818. The van der Waals surface area contributed by atoms with Crippen LogP contribution < -0.4 is 5.32 Å². The normalized spacial score (nSPS) is 17.6. The van der Waals surface area contributed by atoms with Gasteiger partial charge in [0, 0.05) is 37.3 Å². The summed E-state index contributed by atoms with van der Waals surface area (Å²) < 4.78 is 4.96. The fraction of sp³-hybridized carbons (Fsp3) is 0.556. The molecule has 1 atom stereocenters. The molecule has 1 saturated heterocycles. The maximum absolute atomic E-state index is 12.1. The molecule has 5 nitrogen and oxygen atoms in total. The Morgan fingerprint density at radius 2 is 2.04 bits per heavy atom. The number of piperidine rings is 1. The Morgan fingerprint density at radius 1 is 1.29 bits per heavy atom. The lowest BCUT2D eigenvalue weighted by molar-refractivity contribution is -0.134. The third kappa shape index (κ3) is 6.13. The van der Waals surface area contributed by atoms with Crippen LogP contribution in [0.4, 0.5) is 5.69 Å². The van der Waals surface area contributed by atoms with E-state index in [1.807, 2.05) is 4.90 Å². The summed E-state index contributed by atoms with van der Waals surface area (Å²) in [7, 11) is 1.60. The standard InChI is InChI=1S/C18H25ClN2O3/c1-24-12-10-18(23)21-11-2-3-14(13-21)4-9-17(22)20-16-7-5-15(19)6-8-16/h5-8,14H,2-4,9-13H2,1H3,(H,20,22)/t14-/m1/s1. The number of nitrogens with one attached hydrogen (secondary N) is 1. The van der Waals surface area contributed by atoms with E-state index in [9.17, 15) is 9.59 Å². The molecule has 1 aromatic rings. The summed E-state index contributed by atoms with van der Waals surface area (Å²) in [5.41, 5.74) is 0.754. The number of rotatable bonds is 7. The van der Waals surface area contributed by atoms with Crippen molar-refractivity contribution in [2.24, 2.45) is 5.92 Å². The van der Waals surface area contributed by atoms with Gasteiger partial charge in [-0.1, -0.05) is 11.6 Å². The molecule has 1 heterocycles. The molecule has 0 saturated carbocycles. The van der Waals surface area contributed by atoms with Gasteiger partial charge < -0.3 is 15.0 Å². The van der Waals surface area contributed by atoms with Crippen molar-refractivity contribution in [1.82, 2.24) is 4.90 Å². The number of amides is 2. The molecule has 1 fully saturated rings. The van der Waals surface area contributed by atoms with E-state index >= 15 is 0 Å². The molecular weight excluding hydrogens is 328 g/mol. The minimum atomic E-state index is 0.000144. The Bertz CT molecular complexity index is 548. The second-order valence-electron chi connectivity index (χ2n) is 6.18. The van der Waals surface area contributed by atoms with Gasteiger partial charge in [-0.2, -0.15) is 0 Å². The van der Waals surface area contributed by atoms with Crippen molar-refractivity contribution in [2.75, 3.05) is 32.1 Å². The zero-order valence-corrected chi connectivity index (χ0v) is 14.8. The average Bonchev–Trinajstić information content (AvgIpc) is 2.60. The molecule has 132 valence electrons. The van der Waals surface area contributed by atoms with Crippen LogP contribution in [0, 0.1) is 5.92 Å². The Hall–Kier alpha value is -1.59. The van der Waals surface area contributed by atoms with Crippen molar-refractivity contribution in [2.45, 2.75) is 32.1 Å². The summed E-state index contributed by atoms with van der Waals surface area (Å²) in [6, 6.07) is 7.08. The van der Waals surface area contributed by atoms with Crippen molar-refractivity contribution in [1.29, 1.82) is 0 Å². The smallest absolute Gasteiger partial charge is 0.224 e. The van der Waals surface area contributed by atoms with Crippen LogP contribution in [0.2, 0.25) is 5.02 Å². The molecule has 2 rings (SSSR count). The number of methoxy groups -OCH3 is 1. The number of anilines is 1. The van der Waals surface area contributed by atoms with Crippen LogP contribution in [0.1, 0.15) is 32.1 Å². The van der Waals surface area contributed by atoms with Gasteiger partial charge in [0.05, 0.1) is 13.0 Å². The Labute approximate surface area is 148 Å². The van der Waals surface area contributed by atoms with Crippen LogP contribution in [0.5, 0.6) is 0 Å². The van der Waals surface area contributed by atoms with Crippen LogP contribution >= 0.6 is 11.6 Å². The number of likely N-dealkylation sites (tertiary alicyclic amines) is 1. The van der Waals surface area contributed by atoms with Gasteiger partial charge >= 0.3 is 0 Å². The molecule has 1 N–H and O–H groups in total. The first-order valence-electron chi connectivity index (χ1n) is 8.40. The fourth-order valence-electron chi connectivity index (χ4n) is 2.97. The maximum Gasteiger partial charge on any atom is 0.224 e. The third-order valence-electron chi connectivity index (χ3n) is 4.30. The lowest BCUT2D eigenvalue weighted by Gasteiger charge is -2.32. The SMILES string of the molecule is COCCC(=O)N1CCC[C@H](CCC(=O)Nc2ccc(Cl)cc2)C1. The van der Waals surface area contributed by atoms with E-state index in [0.29, 0.717) is 30.4 Å². The predicted octanol–water partition coefficient (Wildman–Crippen LogP) is 3.33. The topological polar surface area (TPSA) is 58.6 Å². The predicted molar refractivity (Wildman–Crippen MR) is 95.1 cm³/mol. The molecule has 1 aliphatic rings. The number of hydrogen-bond acceptors (Lipinski definition) is 3. The Balaban J connectivity index is 1.73. The molecule has 0 unspecified atom stereocenters. The van der Waals surface area contributed by atoms with E-state index in [1.54, 1.807) is 31.4 Å². The van der Waals surface area contributed by atoms with Crippen molar-refractivity contribution >= 4 is 29.1 Å². The molecule has 0 aliphatic carbocycles. The number of hydrogen-bond donors (Lipinski definition) is 1. The molecular formula is C18H25ClN2O3. The van der Waals surface area contributed by atoms with Crippen LogP contribution in [0.25, 0.3) is 0 Å². The first-order chi connectivity index (χ1) is 11.6. The van der Waals surface area contributed by atoms with Gasteiger partial charge in [0.1, 0.15) is 0 Å². The van der Waals surface area contributed by atoms with Gasteiger partial charge in [0.25, 0.3) is 0 Å². The van der Waals surface area contributed by atoms with E-state index in [2.05, 4.69) is 5.32 Å². The summed E-state index contributed by atoms with van der Waals surface area (Å²) >= 11 is 5.83. The minimum absolute atomic E-state index is 0.000144. The van der Waals surface area contributed by atoms with Crippen LogP contribution in [-0.2, 0) is 14.3 Å². The van der Waals surface area contributed by atoms with Crippen LogP contribution in [-0.4, -0.2) is 43.5 Å². The highest BCUT2D eigenvalue weighted by Gasteiger charge is 2.23. The largest absolute Gasteiger partial charge is 0.384 e. The van der Waals surface area contributed by atoms with Crippen molar-refractivity contribution < 1.29 is 14.3 Å². The maximum atomic E-state index is 12.1. The molecule has 1 aromatic carbocycles. The molecule has 0 aromatic heterocycles. The molecule has 2 amide bonds. The average molecular weight is 353 g/mol. The Morgan fingerprint density at radius 3 is 2.75 bits per heavy atom. The van der Waals surface area contributed by atoms with E-state index < -0.39 is 0 Å². The van der Waals surface area contributed by atoms with Crippen molar-refractivity contribution in [3.8, 4) is 0 Å². The second kappa shape index (κ2) is 9.64. The summed E-state index contributed by atoms with van der Waals surface area (Å²) in [5, 5.41) is 3.52. The number of carbonyl (C=O) groups is 2.